The van der Waals surface area contributed by atoms with Crippen molar-refractivity contribution in [2.24, 2.45) is 17.6 Å². The third-order valence-corrected chi connectivity index (χ3v) is 4.80. The first-order valence-electron chi connectivity index (χ1n) is 8.32. The SMILES string of the molecule is CC1(N)CCCCC1C(=O)Nc1ccc(NC(=O)C2CC2)nc1. The first kappa shape index (κ1) is 15.9. The summed E-state index contributed by atoms with van der Waals surface area (Å²) in [6.45, 7) is 1.95. The van der Waals surface area contributed by atoms with Crippen molar-refractivity contribution in [3.63, 3.8) is 0 Å². The molecule has 2 atom stereocenters. The maximum atomic E-state index is 12.5. The second kappa shape index (κ2) is 6.28. The number of aromatic nitrogens is 1. The van der Waals surface area contributed by atoms with Crippen molar-refractivity contribution in [1.29, 1.82) is 0 Å². The molecule has 2 aliphatic rings. The zero-order chi connectivity index (χ0) is 16.4. The molecule has 2 fully saturated rings. The Kier molecular flexibility index (Phi) is 4.35. The molecular formula is C17H24N4O2. The molecule has 0 spiro atoms. The van der Waals surface area contributed by atoms with Crippen LogP contribution in [0.15, 0.2) is 18.3 Å². The summed E-state index contributed by atoms with van der Waals surface area (Å²) in [5, 5.41) is 5.67. The van der Waals surface area contributed by atoms with Crippen molar-refractivity contribution in [1.82, 2.24) is 4.98 Å². The highest BCUT2D eigenvalue weighted by Gasteiger charge is 2.37. The highest BCUT2D eigenvalue weighted by molar-refractivity contribution is 5.95. The molecule has 124 valence electrons. The van der Waals surface area contributed by atoms with E-state index in [0.717, 1.165) is 38.5 Å². The molecule has 0 bridgehead atoms. The Hall–Kier alpha value is -1.95. The molecular weight excluding hydrogens is 292 g/mol. The van der Waals surface area contributed by atoms with Crippen molar-refractivity contribution in [3.05, 3.63) is 18.3 Å². The fourth-order valence-electron chi connectivity index (χ4n) is 3.13. The van der Waals surface area contributed by atoms with Gasteiger partial charge in [-0.1, -0.05) is 12.8 Å². The fraction of sp³-hybridized carbons (Fsp3) is 0.588. The predicted octanol–water partition coefficient (Wildman–Crippen LogP) is 2.28. The van der Waals surface area contributed by atoms with Gasteiger partial charge in [-0.25, -0.2) is 4.98 Å². The molecule has 0 aromatic carbocycles. The minimum Gasteiger partial charge on any atom is -0.325 e. The lowest BCUT2D eigenvalue weighted by Gasteiger charge is -2.37. The van der Waals surface area contributed by atoms with Crippen LogP contribution < -0.4 is 16.4 Å². The van der Waals surface area contributed by atoms with E-state index in [1.165, 1.54) is 0 Å². The molecule has 3 rings (SSSR count). The monoisotopic (exact) mass is 316 g/mol. The van der Waals surface area contributed by atoms with Crippen LogP contribution in [-0.2, 0) is 9.59 Å². The van der Waals surface area contributed by atoms with Gasteiger partial charge < -0.3 is 16.4 Å². The summed E-state index contributed by atoms with van der Waals surface area (Å²) >= 11 is 0. The number of nitrogens with zero attached hydrogens (tertiary/aromatic N) is 1. The Labute approximate surface area is 136 Å². The van der Waals surface area contributed by atoms with Crippen LogP contribution in [0.5, 0.6) is 0 Å². The second-order valence-corrected chi connectivity index (χ2v) is 6.99. The average molecular weight is 316 g/mol. The van der Waals surface area contributed by atoms with E-state index >= 15 is 0 Å². The van der Waals surface area contributed by atoms with Gasteiger partial charge in [-0.15, -0.1) is 0 Å². The summed E-state index contributed by atoms with van der Waals surface area (Å²) in [5.74, 6) is 0.457. The minimum atomic E-state index is -0.450. The second-order valence-electron chi connectivity index (χ2n) is 6.99. The zero-order valence-corrected chi connectivity index (χ0v) is 13.5. The molecule has 0 aliphatic heterocycles. The van der Waals surface area contributed by atoms with Crippen LogP contribution in [0.25, 0.3) is 0 Å². The summed E-state index contributed by atoms with van der Waals surface area (Å²) in [7, 11) is 0. The Bertz CT molecular complexity index is 593. The molecule has 2 unspecified atom stereocenters. The summed E-state index contributed by atoms with van der Waals surface area (Å²) in [5.41, 5.74) is 6.44. The first-order chi connectivity index (χ1) is 11.0. The molecule has 6 heteroatoms. The quantitative estimate of drug-likeness (QED) is 0.794. The molecule has 0 saturated heterocycles. The van der Waals surface area contributed by atoms with Crippen molar-refractivity contribution in [2.75, 3.05) is 10.6 Å². The molecule has 1 aromatic rings. The number of pyridine rings is 1. The number of nitrogens with two attached hydrogens (primary N) is 1. The maximum Gasteiger partial charge on any atom is 0.229 e. The van der Waals surface area contributed by atoms with Crippen LogP contribution in [0.4, 0.5) is 11.5 Å². The van der Waals surface area contributed by atoms with Gasteiger partial charge in [-0.05, 0) is 44.7 Å². The van der Waals surface area contributed by atoms with Crippen molar-refractivity contribution < 1.29 is 9.59 Å². The van der Waals surface area contributed by atoms with E-state index in [0.29, 0.717) is 11.5 Å². The highest BCUT2D eigenvalue weighted by atomic mass is 16.2. The van der Waals surface area contributed by atoms with E-state index in [-0.39, 0.29) is 23.7 Å². The molecule has 2 aliphatic carbocycles. The topological polar surface area (TPSA) is 97.1 Å². The van der Waals surface area contributed by atoms with Crippen LogP contribution in [0, 0.1) is 11.8 Å². The van der Waals surface area contributed by atoms with E-state index in [4.69, 9.17) is 5.73 Å². The molecule has 2 amide bonds. The van der Waals surface area contributed by atoms with Crippen LogP contribution in [0.3, 0.4) is 0 Å². The predicted molar refractivity (Wildman–Crippen MR) is 88.8 cm³/mol. The van der Waals surface area contributed by atoms with Gasteiger partial charge in [0.2, 0.25) is 11.8 Å². The fourth-order valence-corrected chi connectivity index (χ4v) is 3.13. The van der Waals surface area contributed by atoms with Crippen LogP contribution in [0.2, 0.25) is 0 Å². The Balaban J connectivity index is 1.59. The van der Waals surface area contributed by atoms with Crippen LogP contribution in [0.1, 0.15) is 45.4 Å². The van der Waals surface area contributed by atoms with Crippen molar-refractivity contribution in [3.8, 4) is 0 Å². The summed E-state index contributed by atoms with van der Waals surface area (Å²) in [4.78, 5) is 28.3. The highest BCUT2D eigenvalue weighted by Crippen LogP contribution is 2.32. The minimum absolute atomic E-state index is 0.0235. The van der Waals surface area contributed by atoms with Crippen LogP contribution in [-0.4, -0.2) is 22.3 Å². The normalized spacial score (nSPS) is 27.3. The first-order valence-corrected chi connectivity index (χ1v) is 8.32. The lowest BCUT2D eigenvalue weighted by atomic mass is 9.74. The number of anilines is 2. The van der Waals surface area contributed by atoms with E-state index in [1.54, 1.807) is 18.3 Å². The lowest BCUT2D eigenvalue weighted by molar-refractivity contribution is -0.122. The lowest BCUT2D eigenvalue weighted by Crippen LogP contribution is -2.51. The Morgan fingerprint density at radius 3 is 2.57 bits per heavy atom. The van der Waals surface area contributed by atoms with Gasteiger partial charge in [0.15, 0.2) is 0 Å². The van der Waals surface area contributed by atoms with Crippen molar-refractivity contribution in [2.45, 2.75) is 51.0 Å². The maximum absolute atomic E-state index is 12.5. The number of hydrogen-bond acceptors (Lipinski definition) is 4. The molecule has 2 saturated carbocycles. The largest absolute Gasteiger partial charge is 0.325 e. The molecule has 0 radical (unpaired) electrons. The molecule has 1 aromatic heterocycles. The number of rotatable bonds is 4. The van der Waals surface area contributed by atoms with Gasteiger partial charge in [0.25, 0.3) is 0 Å². The Morgan fingerprint density at radius 1 is 1.17 bits per heavy atom. The van der Waals surface area contributed by atoms with Crippen molar-refractivity contribution >= 4 is 23.3 Å². The Morgan fingerprint density at radius 2 is 1.96 bits per heavy atom. The zero-order valence-electron chi connectivity index (χ0n) is 13.5. The van der Waals surface area contributed by atoms with E-state index in [9.17, 15) is 9.59 Å². The number of carbonyl (C=O) groups is 2. The van der Waals surface area contributed by atoms with E-state index < -0.39 is 5.54 Å². The van der Waals surface area contributed by atoms with Gasteiger partial charge in [-0.2, -0.15) is 0 Å². The standard InChI is InChI=1S/C17H24N4O2/c1-17(18)9-3-2-4-13(17)16(23)20-12-7-8-14(19-10-12)21-15(22)11-5-6-11/h7-8,10-11,13H,2-6,9,18H2,1H3,(H,20,23)(H,19,21,22). The number of carbonyl (C=O) groups excluding carboxylic acids is 2. The third-order valence-electron chi connectivity index (χ3n) is 4.80. The molecule has 1 heterocycles. The van der Waals surface area contributed by atoms with Gasteiger partial charge in [0.05, 0.1) is 17.8 Å². The van der Waals surface area contributed by atoms with E-state index in [1.807, 2.05) is 6.92 Å². The smallest absolute Gasteiger partial charge is 0.229 e. The molecule has 6 nitrogen and oxygen atoms in total. The summed E-state index contributed by atoms with van der Waals surface area (Å²) in [6.07, 6.45) is 7.29. The number of amides is 2. The van der Waals surface area contributed by atoms with E-state index in [2.05, 4.69) is 15.6 Å². The van der Waals surface area contributed by atoms with Gasteiger partial charge in [0.1, 0.15) is 5.82 Å². The van der Waals surface area contributed by atoms with Crippen LogP contribution >= 0.6 is 0 Å². The van der Waals surface area contributed by atoms with Gasteiger partial charge in [-0.3, -0.25) is 9.59 Å². The van der Waals surface area contributed by atoms with Gasteiger partial charge in [0, 0.05) is 11.5 Å². The number of nitrogens with one attached hydrogen (secondary N) is 2. The van der Waals surface area contributed by atoms with Gasteiger partial charge >= 0.3 is 0 Å². The molecule has 23 heavy (non-hydrogen) atoms. The molecule has 4 N–H and O–H groups in total. The summed E-state index contributed by atoms with van der Waals surface area (Å²) in [6, 6.07) is 3.46. The average Bonchev–Trinajstić information content (AvgIpc) is 3.33. The number of hydrogen-bond donors (Lipinski definition) is 3. The third kappa shape index (κ3) is 3.88. The summed E-state index contributed by atoms with van der Waals surface area (Å²) < 4.78 is 0.